The molecular weight excluding hydrogens is 248 g/mol. The molecule has 0 aliphatic rings. The minimum absolute atomic E-state index is 0.117. The third kappa shape index (κ3) is 4.17. The number of nitrogens with two attached hydrogens (primary N) is 1. The number of amidine groups is 1. The molecule has 4 heteroatoms. The lowest BCUT2D eigenvalue weighted by Gasteiger charge is -2.17. The van der Waals surface area contributed by atoms with Gasteiger partial charge in [0, 0.05) is 31.0 Å². The summed E-state index contributed by atoms with van der Waals surface area (Å²) in [4.78, 5) is 6.28. The Balaban J connectivity index is 1.89. The lowest BCUT2D eigenvalue weighted by atomic mass is 10.1. The van der Waals surface area contributed by atoms with Gasteiger partial charge in [0.15, 0.2) is 0 Å². The maximum atomic E-state index is 7.47. The van der Waals surface area contributed by atoms with Crippen molar-refractivity contribution in [3.63, 3.8) is 0 Å². The topological polar surface area (TPSA) is 66.0 Å². The lowest BCUT2D eigenvalue weighted by Crippen LogP contribution is -2.21. The lowest BCUT2D eigenvalue weighted by molar-refractivity contribution is 0.331. The average Bonchev–Trinajstić information content (AvgIpc) is 2.46. The van der Waals surface area contributed by atoms with Crippen LogP contribution in [0.2, 0.25) is 0 Å². The molecule has 104 valence electrons. The van der Waals surface area contributed by atoms with Gasteiger partial charge in [-0.25, -0.2) is 0 Å². The molecule has 0 saturated heterocycles. The Morgan fingerprint density at radius 2 is 1.95 bits per heavy atom. The van der Waals surface area contributed by atoms with Crippen LogP contribution < -0.4 is 5.73 Å². The maximum Gasteiger partial charge on any atom is 0.122 e. The highest BCUT2D eigenvalue weighted by Crippen LogP contribution is 2.08. The number of nitrogens with one attached hydrogen (secondary N) is 1. The summed E-state index contributed by atoms with van der Waals surface area (Å²) < 4.78 is 0. The highest BCUT2D eigenvalue weighted by atomic mass is 15.1. The normalized spacial score (nSPS) is 10.7. The van der Waals surface area contributed by atoms with E-state index in [0.717, 1.165) is 25.1 Å². The van der Waals surface area contributed by atoms with Crippen LogP contribution in [0.15, 0.2) is 48.8 Å². The zero-order chi connectivity index (χ0) is 14.4. The van der Waals surface area contributed by atoms with Gasteiger partial charge in [0.2, 0.25) is 0 Å². The summed E-state index contributed by atoms with van der Waals surface area (Å²) in [5, 5.41) is 7.47. The number of nitrogens with zero attached hydrogens (tertiary/aromatic N) is 2. The Morgan fingerprint density at radius 1 is 1.20 bits per heavy atom. The van der Waals surface area contributed by atoms with E-state index < -0.39 is 0 Å². The molecule has 1 aromatic heterocycles. The van der Waals surface area contributed by atoms with Crippen molar-refractivity contribution in [2.75, 3.05) is 13.6 Å². The first-order valence-electron chi connectivity index (χ1n) is 6.66. The molecule has 20 heavy (non-hydrogen) atoms. The second-order valence-corrected chi connectivity index (χ2v) is 4.96. The van der Waals surface area contributed by atoms with Gasteiger partial charge in [0.25, 0.3) is 0 Å². The molecule has 0 fully saturated rings. The van der Waals surface area contributed by atoms with Crippen LogP contribution in [-0.2, 0) is 13.0 Å². The van der Waals surface area contributed by atoms with Crippen LogP contribution in [0.4, 0.5) is 0 Å². The quantitative estimate of drug-likeness (QED) is 0.622. The molecule has 1 heterocycles. The van der Waals surface area contributed by atoms with Gasteiger partial charge in [-0.15, -0.1) is 0 Å². The number of aromatic nitrogens is 1. The van der Waals surface area contributed by atoms with E-state index in [4.69, 9.17) is 11.1 Å². The van der Waals surface area contributed by atoms with Gasteiger partial charge in [0.05, 0.1) is 0 Å². The Hall–Kier alpha value is -2.20. The third-order valence-corrected chi connectivity index (χ3v) is 3.22. The zero-order valence-electron chi connectivity index (χ0n) is 11.7. The maximum absolute atomic E-state index is 7.47. The van der Waals surface area contributed by atoms with Crippen LogP contribution in [0.5, 0.6) is 0 Å². The molecule has 4 nitrogen and oxygen atoms in total. The summed E-state index contributed by atoms with van der Waals surface area (Å²) >= 11 is 0. The number of hydrogen-bond acceptors (Lipinski definition) is 3. The predicted octanol–water partition coefficient (Wildman–Crippen LogP) is 2.04. The number of nitrogen functional groups attached to an aromatic ring is 1. The monoisotopic (exact) mass is 268 g/mol. The Kier molecular flexibility index (Phi) is 4.85. The Morgan fingerprint density at radius 3 is 2.65 bits per heavy atom. The van der Waals surface area contributed by atoms with E-state index in [1.54, 1.807) is 0 Å². The number of hydrogen-bond donors (Lipinski definition) is 2. The molecule has 0 radical (unpaired) electrons. The molecule has 2 rings (SSSR count). The first-order valence-corrected chi connectivity index (χ1v) is 6.66. The van der Waals surface area contributed by atoms with Gasteiger partial charge >= 0.3 is 0 Å². The molecule has 0 bridgehead atoms. The fraction of sp³-hybridized carbons (Fsp3) is 0.250. The van der Waals surface area contributed by atoms with Crippen molar-refractivity contribution in [3.05, 3.63) is 65.5 Å². The molecule has 0 atom stereocenters. The van der Waals surface area contributed by atoms with Crippen LogP contribution in [0, 0.1) is 5.41 Å². The fourth-order valence-corrected chi connectivity index (χ4v) is 2.10. The Bertz CT molecular complexity index is 566. The van der Waals surface area contributed by atoms with Crippen LogP contribution in [0.3, 0.4) is 0 Å². The minimum Gasteiger partial charge on any atom is -0.384 e. The Labute approximate surface area is 119 Å². The molecule has 0 spiro atoms. The van der Waals surface area contributed by atoms with Crippen molar-refractivity contribution in [3.8, 4) is 0 Å². The number of rotatable bonds is 6. The van der Waals surface area contributed by atoms with E-state index in [1.807, 2.05) is 42.7 Å². The summed E-state index contributed by atoms with van der Waals surface area (Å²) in [5.74, 6) is 0.117. The average molecular weight is 268 g/mol. The van der Waals surface area contributed by atoms with Crippen LogP contribution >= 0.6 is 0 Å². The summed E-state index contributed by atoms with van der Waals surface area (Å²) in [7, 11) is 2.10. The molecule has 3 N–H and O–H groups in total. The first-order chi connectivity index (χ1) is 9.65. The van der Waals surface area contributed by atoms with Crippen molar-refractivity contribution < 1.29 is 0 Å². The molecule has 0 amide bonds. The summed E-state index contributed by atoms with van der Waals surface area (Å²) in [6, 6.07) is 11.9. The SMILES string of the molecule is CN(CCc1ccncc1)Cc1cccc(C(=N)N)c1. The summed E-state index contributed by atoms with van der Waals surface area (Å²) in [6.07, 6.45) is 4.66. The predicted molar refractivity (Wildman–Crippen MR) is 81.7 cm³/mol. The van der Waals surface area contributed by atoms with E-state index >= 15 is 0 Å². The van der Waals surface area contributed by atoms with E-state index in [2.05, 4.69) is 23.0 Å². The highest BCUT2D eigenvalue weighted by Gasteiger charge is 2.03. The van der Waals surface area contributed by atoms with E-state index in [-0.39, 0.29) is 5.84 Å². The minimum atomic E-state index is 0.117. The van der Waals surface area contributed by atoms with E-state index in [0.29, 0.717) is 0 Å². The van der Waals surface area contributed by atoms with E-state index in [1.165, 1.54) is 11.1 Å². The number of pyridine rings is 1. The molecule has 0 aliphatic carbocycles. The molecule has 2 aromatic rings. The van der Waals surface area contributed by atoms with Gasteiger partial charge in [-0.05, 0) is 42.8 Å². The van der Waals surface area contributed by atoms with Gasteiger partial charge < -0.3 is 10.6 Å². The van der Waals surface area contributed by atoms with Crippen molar-refractivity contribution >= 4 is 5.84 Å². The van der Waals surface area contributed by atoms with Crippen molar-refractivity contribution in [2.24, 2.45) is 5.73 Å². The van der Waals surface area contributed by atoms with Gasteiger partial charge in [-0.2, -0.15) is 0 Å². The van der Waals surface area contributed by atoms with Crippen molar-refractivity contribution in [1.82, 2.24) is 9.88 Å². The van der Waals surface area contributed by atoms with Crippen molar-refractivity contribution in [2.45, 2.75) is 13.0 Å². The summed E-state index contributed by atoms with van der Waals surface area (Å²) in [5.41, 5.74) is 8.77. The molecule has 0 aliphatic heterocycles. The number of likely N-dealkylation sites (N-methyl/N-ethyl adjacent to an activating group) is 1. The highest BCUT2D eigenvalue weighted by molar-refractivity contribution is 5.95. The molecule has 0 unspecified atom stereocenters. The second kappa shape index (κ2) is 6.82. The molecular formula is C16H20N4. The van der Waals surface area contributed by atoms with E-state index in [9.17, 15) is 0 Å². The van der Waals surface area contributed by atoms with Gasteiger partial charge in [-0.3, -0.25) is 10.4 Å². The first kappa shape index (κ1) is 14.2. The molecule has 1 aromatic carbocycles. The molecule has 0 saturated carbocycles. The standard InChI is InChI=1S/C16H20N4/c1-20(10-7-13-5-8-19-9-6-13)12-14-3-2-4-15(11-14)16(17)18/h2-6,8-9,11H,7,10,12H2,1H3,(H3,17,18). The van der Waals surface area contributed by atoms with Crippen LogP contribution in [0.25, 0.3) is 0 Å². The van der Waals surface area contributed by atoms with Crippen LogP contribution in [0.1, 0.15) is 16.7 Å². The fourth-order valence-electron chi connectivity index (χ4n) is 2.10. The summed E-state index contributed by atoms with van der Waals surface area (Å²) in [6.45, 7) is 1.83. The zero-order valence-corrected chi connectivity index (χ0v) is 11.7. The number of benzene rings is 1. The largest absolute Gasteiger partial charge is 0.384 e. The van der Waals surface area contributed by atoms with Crippen LogP contribution in [-0.4, -0.2) is 29.3 Å². The van der Waals surface area contributed by atoms with Crippen molar-refractivity contribution in [1.29, 1.82) is 5.41 Å². The van der Waals surface area contributed by atoms with Gasteiger partial charge in [-0.1, -0.05) is 18.2 Å². The third-order valence-electron chi connectivity index (χ3n) is 3.22. The second-order valence-electron chi connectivity index (χ2n) is 4.96. The van der Waals surface area contributed by atoms with Gasteiger partial charge in [0.1, 0.15) is 5.84 Å². The smallest absolute Gasteiger partial charge is 0.122 e.